The fourth-order valence-corrected chi connectivity index (χ4v) is 9.37. The number of allylic oxidation sites excluding steroid dienone is 7. The van der Waals surface area contributed by atoms with Crippen molar-refractivity contribution < 1.29 is 89.4 Å². The molecule has 75 heavy (non-hydrogen) atoms. The lowest BCUT2D eigenvalue weighted by Crippen LogP contribution is -2.66. The number of rotatable bonds is 40. The SMILES string of the molecule is CCCCCCC/C=C\C/C=C\C/C=C\CCCCCCCCC(=O)NC(COC1OC(CO)C(OC2OC(CO)C(OC3OC(CO)C(O)C(O)C3O)C(O)C2O)C(O)C1O)C(O)/C=C/CCCCCCCCC. The lowest BCUT2D eigenvalue weighted by atomic mass is 9.96. The van der Waals surface area contributed by atoms with E-state index in [4.69, 9.17) is 28.4 Å². The van der Waals surface area contributed by atoms with Crippen LogP contribution in [0.1, 0.15) is 168 Å². The Balaban J connectivity index is 1.49. The van der Waals surface area contributed by atoms with Crippen LogP contribution in [-0.2, 0) is 33.2 Å². The predicted octanol–water partition coefficient (Wildman–Crippen LogP) is 3.92. The Labute approximate surface area is 446 Å². The highest BCUT2D eigenvalue weighted by atomic mass is 16.8. The third-order valence-corrected chi connectivity index (χ3v) is 14.1. The quantitative estimate of drug-likeness (QED) is 0.0306. The summed E-state index contributed by atoms with van der Waals surface area (Å²) in [7, 11) is 0. The standard InChI is InChI=1S/C56H99NO18/c1-3-5-7-9-11-13-14-15-16-17-18-19-20-21-22-23-24-26-28-30-32-34-44(62)57-39(40(61)33-31-29-27-25-12-10-8-6-4-2)38-70-54-50(68)47(65)52(42(36-59)72-54)75-56-51(69)48(66)53(43(37-60)73-56)74-55-49(67)46(64)45(63)41(35-58)71-55/h14-15,17-18,20-21,31,33,39-43,45-56,58-61,63-69H,3-13,16,19,22-30,32,34-38H2,1-2H3,(H,57,62)/b15-14-,18-17-,21-20-,33-31+. The Morgan fingerprint density at radius 3 is 1.37 bits per heavy atom. The molecule has 0 aromatic carbocycles. The van der Waals surface area contributed by atoms with Crippen LogP contribution in [-0.4, -0.2) is 193 Å². The summed E-state index contributed by atoms with van der Waals surface area (Å²) in [5, 5.41) is 120. The molecule has 17 unspecified atom stereocenters. The second-order valence-electron chi connectivity index (χ2n) is 20.4. The van der Waals surface area contributed by atoms with Gasteiger partial charge in [0.15, 0.2) is 18.9 Å². The summed E-state index contributed by atoms with van der Waals surface area (Å²) >= 11 is 0. The topological polar surface area (TPSA) is 307 Å². The number of amides is 1. The van der Waals surface area contributed by atoms with E-state index < -0.39 is 124 Å². The maximum atomic E-state index is 13.3. The van der Waals surface area contributed by atoms with Crippen molar-refractivity contribution in [1.29, 1.82) is 0 Å². The second-order valence-corrected chi connectivity index (χ2v) is 20.4. The Kier molecular flexibility index (Phi) is 35.8. The first-order valence-corrected chi connectivity index (χ1v) is 28.4. The summed E-state index contributed by atoms with van der Waals surface area (Å²) in [6.07, 6.45) is 15.4. The minimum Gasteiger partial charge on any atom is -0.394 e. The van der Waals surface area contributed by atoms with Gasteiger partial charge >= 0.3 is 0 Å². The number of aliphatic hydroxyl groups excluding tert-OH is 11. The third kappa shape index (κ3) is 24.8. The van der Waals surface area contributed by atoms with E-state index in [0.717, 1.165) is 77.0 Å². The van der Waals surface area contributed by atoms with Crippen LogP contribution < -0.4 is 5.32 Å². The molecule has 0 aromatic rings. The molecule has 0 spiro atoms. The highest BCUT2D eigenvalue weighted by molar-refractivity contribution is 5.76. The number of unbranched alkanes of at least 4 members (excludes halogenated alkanes) is 18. The molecule has 0 saturated carbocycles. The van der Waals surface area contributed by atoms with Crippen LogP contribution >= 0.6 is 0 Å². The summed E-state index contributed by atoms with van der Waals surface area (Å²) in [4.78, 5) is 13.3. The molecule has 3 aliphatic rings. The van der Waals surface area contributed by atoms with Crippen LogP contribution in [0.2, 0.25) is 0 Å². The van der Waals surface area contributed by atoms with Crippen LogP contribution in [0.15, 0.2) is 48.6 Å². The molecule has 0 bridgehead atoms. The van der Waals surface area contributed by atoms with Crippen molar-refractivity contribution in [2.45, 2.75) is 272 Å². The minimum atomic E-state index is -1.98. The van der Waals surface area contributed by atoms with E-state index in [1.165, 1.54) is 64.2 Å². The monoisotopic (exact) mass is 1070 g/mol. The molecular weight excluding hydrogens is 975 g/mol. The molecule has 0 aliphatic carbocycles. The van der Waals surface area contributed by atoms with Crippen LogP contribution in [0.5, 0.6) is 0 Å². The first kappa shape index (κ1) is 67.0. The number of nitrogens with one attached hydrogen (secondary N) is 1. The maximum Gasteiger partial charge on any atom is 0.220 e. The lowest BCUT2D eigenvalue weighted by molar-refractivity contribution is -0.379. The largest absolute Gasteiger partial charge is 0.394 e. The first-order valence-electron chi connectivity index (χ1n) is 28.4. The molecule has 3 saturated heterocycles. The maximum absolute atomic E-state index is 13.3. The Bertz CT molecular complexity index is 1570. The van der Waals surface area contributed by atoms with Crippen molar-refractivity contribution in [3.05, 3.63) is 48.6 Å². The fraction of sp³-hybridized carbons (Fsp3) is 0.839. The summed E-state index contributed by atoms with van der Waals surface area (Å²) < 4.78 is 34.1. The molecular formula is C56H99NO18. The zero-order valence-electron chi connectivity index (χ0n) is 45.0. The lowest BCUT2D eigenvalue weighted by Gasteiger charge is -2.48. The molecule has 19 nitrogen and oxygen atoms in total. The number of hydrogen-bond acceptors (Lipinski definition) is 18. The van der Waals surface area contributed by atoms with Crippen LogP contribution in [0.4, 0.5) is 0 Å². The van der Waals surface area contributed by atoms with Crippen molar-refractivity contribution >= 4 is 5.91 Å². The molecule has 12 N–H and O–H groups in total. The molecule has 3 aliphatic heterocycles. The zero-order chi connectivity index (χ0) is 54.8. The first-order chi connectivity index (χ1) is 36.3. The highest BCUT2D eigenvalue weighted by Gasteiger charge is 2.53. The smallest absolute Gasteiger partial charge is 0.220 e. The predicted molar refractivity (Wildman–Crippen MR) is 282 cm³/mol. The number of carbonyl (C=O) groups excluding carboxylic acids is 1. The van der Waals surface area contributed by atoms with E-state index in [1.807, 2.05) is 6.08 Å². The van der Waals surface area contributed by atoms with Crippen molar-refractivity contribution in [1.82, 2.24) is 5.32 Å². The minimum absolute atomic E-state index is 0.227. The number of aliphatic hydroxyl groups is 11. The van der Waals surface area contributed by atoms with Gasteiger partial charge in [0, 0.05) is 6.42 Å². The molecule has 436 valence electrons. The van der Waals surface area contributed by atoms with Crippen molar-refractivity contribution in [2.24, 2.45) is 0 Å². The van der Waals surface area contributed by atoms with E-state index in [0.29, 0.717) is 6.42 Å². The molecule has 3 heterocycles. The van der Waals surface area contributed by atoms with Gasteiger partial charge in [0.25, 0.3) is 0 Å². The Morgan fingerprint density at radius 1 is 0.480 bits per heavy atom. The summed E-state index contributed by atoms with van der Waals surface area (Å²) in [5.41, 5.74) is 0. The van der Waals surface area contributed by atoms with Crippen LogP contribution in [0, 0.1) is 0 Å². The molecule has 17 atom stereocenters. The van der Waals surface area contributed by atoms with Gasteiger partial charge in [-0.25, -0.2) is 0 Å². The van der Waals surface area contributed by atoms with E-state index in [2.05, 4.69) is 55.6 Å². The highest BCUT2D eigenvalue weighted by Crippen LogP contribution is 2.33. The average Bonchev–Trinajstić information content (AvgIpc) is 3.41. The van der Waals surface area contributed by atoms with Gasteiger partial charge in [0.1, 0.15) is 73.2 Å². The van der Waals surface area contributed by atoms with E-state index in [-0.39, 0.29) is 18.9 Å². The Hall–Kier alpha value is -2.25. The Morgan fingerprint density at radius 2 is 0.880 bits per heavy atom. The molecule has 19 heteroatoms. The van der Waals surface area contributed by atoms with E-state index in [1.54, 1.807) is 6.08 Å². The number of ether oxygens (including phenoxy) is 6. The number of carbonyl (C=O) groups is 1. The van der Waals surface area contributed by atoms with Crippen LogP contribution in [0.25, 0.3) is 0 Å². The third-order valence-electron chi connectivity index (χ3n) is 14.1. The molecule has 0 aromatic heterocycles. The van der Waals surface area contributed by atoms with Gasteiger partial charge in [-0.05, 0) is 57.8 Å². The van der Waals surface area contributed by atoms with Crippen molar-refractivity contribution in [3.8, 4) is 0 Å². The van der Waals surface area contributed by atoms with Gasteiger partial charge in [-0.3, -0.25) is 4.79 Å². The average molecular weight is 1070 g/mol. The van der Waals surface area contributed by atoms with E-state index >= 15 is 0 Å². The van der Waals surface area contributed by atoms with Crippen LogP contribution in [0.3, 0.4) is 0 Å². The van der Waals surface area contributed by atoms with Gasteiger partial charge in [-0.1, -0.05) is 152 Å². The fourth-order valence-electron chi connectivity index (χ4n) is 9.37. The van der Waals surface area contributed by atoms with Gasteiger partial charge in [-0.15, -0.1) is 0 Å². The van der Waals surface area contributed by atoms with Gasteiger partial charge in [0.05, 0.1) is 38.6 Å². The molecule has 3 rings (SSSR count). The second kappa shape index (κ2) is 40.0. The van der Waals surface area contributed by atoms with Crippen molar-refractivity contribution in [2.75, 3.05) is 26.4 Å². The van der Waals surface area contributed by atoms with Crippen molar-refractivity contribution in [3.63, 3.8) is 0 Å². The summed E-state index contributed by atoms with van der Waals surface area (Å²) in [5.74, 6) is -0.293. The summed E-state index contributed by atoms with van der Waals surface area (Å²) in [6.45, 7) is 1.63. The summed E-state index contributed by atoms with van der Waals surface area (Å²) in [6, 6.07) is -0.978. The normalized spacial score (nSPS) is 31.6. The molecule has 0 radical (unpaired) electrons. The molecule has 1 amide bonds. The van der Waals surface area contributed by atoms with E-state index in [9.17, 15) is 61.0 Å². The van der Waals surface area contributed by atoms with Gasteiger partial charge < -0.3 is 89.9 Å². The van der Waals surface area contributed by atoms with Gasteiger partial charge in [0.2, 0.25) is 5.91 Å². The molecule has 3 fully saturated rings. The zero-order valence-corrected chi connectivity index (χ0v) is 45.0. The van der Waals surface area contributed by atoms with Gasteiger partial charge in [-0.2, -0.15) is 0 Å². The number of hydrogen-bond donors (Lipinski definition) is 12.